The fraction of sp³-hybridized carbons (Fsp3) is 0.500. The smallest absolute Gasteiger partial charge is 0.256 e. The maximum Gasteiger partial charge on any atom is 0.256 e. The number of anilines is 2. The van der Waals surface area contributed by atoms with Crippen molar-refractivity contribution in [3.63, 3.8) is 0 Å². The van der Waals surface area contributed by atoms with Crippen LogP contribution in [0.15, 0.2) is 12.1 Å². The van der Waals surface area contributed by atoms with Crippen LogP contribution in [0.1, 0.15) is 16.1 Å². The van der Waals surface area contributed by atoms with Gasteiger partial charge < -0.3 is 19.4 Å². The highest BCUT2D eigenvalue weighted by molar-refractivity contribution is 7.20. The van der Waals surface area contributed by atoms with Crippen LogP contribution in [0, 0.1) is 6.92 Å². The van der Waals surface area contributed by atoms with Crippen LogP contribution in [0.2, 0.25) is 8.67 Å². The molecule has 0 aliphatic carbocycles. The molecule has 0 unspecified atom stereocenters. The standard InChI is InChI=1S/C18H21Cl2N5O2S/c1-12-10-15(22-18(21-12)25-6-8-27-9-7-25)23-2-4-24(5-3-23)17(26)13-11-14(19)28-16(13)20/h10-11H,2-9H2,1H3. The summed E-state index contributed by atoms with van der Waals surface area (Å²) in [6.07, 6.45) is 0. The highest BCUT2D eigenvalue weighted by atomic mass is 35.5. The zero-order chi connectivity index (χ0) is 19.7. The Balaban J connectivity index is 1.44. The molecule has 0 aromatic carbocycles. The lowest BCUT2D eigenvalue weighted by Crippen LogP contribution is -2.49. The Morgan fingerprint density at radius 3 is 2.39 bits per heavy atom. The molecule has 150 valence electrons. The van der Waals surface area contributed by atoms with Crippen molar-refractivity contribution in [1.29, 1.82) is 0 Å². The average Bonchev–Trinajstić information content (AvgIpc) is 3.06. The van der Waals surface area contributed by atoms with E-state index >= 15 is 0 Å². The Morgan fingerprint density at radius 1 is 1.04 bits per heavy atom. The van der Waals surface area contributed by atoms with Gasteiger partial charge in [0.1, 0.15) is 10.2 Å². The SMILES string of the molecule is Cc1cc(N2CCN(C(=O)c3cc(Cl)sc3Cl)CC2)nc(N2CCOCC2)n1. The number of hydrogen-bond donors (Lipinski definition) is 0. The molecule has 2 aromatic rings. The first kappa shape index (κ1) is 19.7. The molecule has 0 spiro atoms. The lowest BCUT2D eigenvalue weighted by Gasteiger charge is -2.36. The van der Waals surface area contributed by atoms with E-state index < -0.39 is 0 Å². The van der Waals surface area contributed by atoms with Crippen LogP contribution in [0.25, 0.3) is 0 Å². The Bertz CT molecular complexity index is 864. The molecule has 10 heteroatoms. The molecule has 0 atom stereocenters. The summed E-state index contributed by atoms with van der Waals surface area (Å²) in [6.45, 7) is 7.62. The molecule has 2 saturated heterocycles. The van der Waals surface area contributed by atoms with Crippen molar-refractivity contribution in [2.75, 3.05) is 62.3 Å². The highest BCUT2D eigenvalue weighted by Crippen LogP contribution is 2.32. The van der Waals surface area contributed by atoms with E-state index in [0.717, 1.165) is 30.5 Å². The third-order valence-corrected chi connectivity index (χ3v) is 6.39. The number of carbonyl (C=O) groups excluding carboxylic acids is 1. The topological polar surface area (TPSA) is 61.8 Å². The first-order valence-electron chi connectivity index (χ1n) is 9.19. The minimum absolute atomic E-state index is 0.0688. The number of nitrogens with zero attached hydrogens (tertiary/aromatic N) is 5. The molecule has 28 heavy (non-hydrogen) atoms. The largest absolute Gasteiger partial charge is 0.378 e. The van der Waals surface area contributed by atoms with Crippen LogP contribution in [0.3, 0.4) is 0 Å². The van der Waals surface area contributed by atoms with Crippen LogP contribution >= 0.6 is 34.5 Å². The van der Waals surface area contributed by atoms with Crippen molar-refractivity contribution < 1.29 is 9.53 Å². The Morgan fingerprint density at radius 2 is 1.75 bits per heavy atom. The molecule has 0 bridgehead atoms. The molecule has 0 radical (unpaired) electrons. The lowest BCUT2D eigenvalue weighted by atomic mass is 10.2. The summed E-state index contributed by atoms with van der Waals surface area (Å²) in [6, 6.07) is 3.64. The zero-order valence-electron chi connectivity index (χ0n) is 15.5. The highest BCUT2D eigenvalue weighted by Gasteiger charge is 2.26. The normalized spacial score (nSPS) is 17.9. The maximum absolute atomic E-state index is 12.7. The molecule has 7 nitrogen and oxygen atoms in total. The maximum atomic E-state index is 12.7. The van der Waals surface area contributed by atoms with Crippen molar-refractivity contribution in [2.45, 2.75) is 6.92 Å². The van der Waals surface area contributed by atoms with Crippen molar-refractivity contribution in [3.05, 3.63) is 32.1 Å². The third-order valence-electron chi connectivity index (χ3n) is 4.90. The third kappa shape index (κ3) is 4.20. The van der Waals surface area contributed by atoms with Crippen molar-refractivity contribution in [1.82, 2.24) is 14.9 Å². The Kier molecular flexibility index (Phi) is 5.91. The molecule has 2 aliphatic rings. The van der Waals surface area contributed by atoms with Gasteiger partial charge in [0.05, 0.1) is 23.1 Å². The van der Waals surface area contributed by atoms with Gasteiger partial charge in [0.15, 0.2) is 0 Å². The van der Waals surface area contributed by atoms with E-state index in [1.165, 1.54) is 11.3 Å². The first-order valence-corrected chi connectivity index (χ1v) is 10.8. The predicted octanol–water partition coefficient (Wildman–Crippen LogP) is 2.95. The summed E-state index contributed by atoms with van der Waals surface area (Å²) in [5, 5.41) is 0. The average molecular weight is 442 g/mol. The molecule has 4 rings (SSSR count). The van der Waals surface area contributed by atoms with E-state index in [9.17, 15) is 4.79 Å². The number of ether oxygens (including phenoxy) is 1. The number of rotatable bonds is 3. The number of amides is 1. The number of carbonyl (C=O) groups is 1. The quantitative estimate of drug-likeness (QED) is 0.729. The minimum atomic E-state index is -0.0688. The Labute approximate surface area is 177 Å². The summed E-state index contributed by atoms with van der Waals surface area (Å²) >= 11 is 13.3. The van der Waals surface area contributed by atoms with Crippen LogP contribution in [0.5, 0.6) is 0 Å². The number of halogens is 2. The summed E-state index contributed by atoms with van der Waals surface area (Å²) in [5.74, 6) is 1.58. The molecule has 2 aromatic heterocycles. The van der Waals surface area contributed by atoms with E-state index in [0.29, 0.717) is 53.6 Å². The molecule has 0 saturated carbocycles. The van der Waals surface area contributed by atoms with Gasteiger partial charge in [-0.1, -0.05) is 23.2 Å². The lowest BCUT2D eigenvalue weighted by molar-refractivity contribution is 0.0747. The number of hydrogen-bond acceptors (Lipinski definition) is 7. The minimum Gasteiger partial charge on any atom is -0.378 e. The second-order valence-corrected chi connectivity index (χ2v) is 9.07. The van der Waals surface area contributed by atoms with E-state index in [-0.39, 0.29) is 5.91 Å². The van der Waals surface area contributed by atoms with Gasteiger partial charge in [-0.3, -0.25) is 4.79 Å². The van der Waals surface area contributed by atoms with Crippen molar-refractivity contribution >= 4 is 52.2 Å². The second kappa shape index (κ2) is 8.41. The zero-order valence-corrected chi connectivity index (χ0v) is 17.9. The summed E-state index contributed by atoms with van der Waals surface area (Å²) in [5.41, 5.74) is 1.42. The van der Waals surface area contributed by atoms with E-state index in [4.69, 9.17) is 32.9 Å². The second-order valence-electron chi connectivity index (χ2n) is 6.78. The molecule has 1 amide bonds. The molecule has 2 fully saturated rings. The van der Waals surface area contributed by atoms with Crippen molar-refractivity contribution in [2.24, 2.45) is 0 Å². The van der Waals surface area contributed by atoms with Gasteiger partial charge in [-0.2, -0.15) is 4.98 Å². The van der Waals surface area contributed by atoms with Gasteiger partial charge in [-0.05, 0) is 13.0 Å². The van der Waals surface area contributed by atoms with E-state index in [1.807, 2.05) is 17.9 Å². The van der Waals surface area contributed by atoms with Gasteiger partial charge in [0.2, 0.25) is 5.95 Å². The van der Waals surface area contributed by atoms with Gasteiger partial charge in [-0.25, -0.2) is 4.98 Å². The van der Waals surface area contributed by atoms with Crippen LogP contribution in [-0.2, 0) is 4.74 Å². The fourth-order valence-corrected chi connectivity index (χ4v) is 4.85. The molecular weight excluding hydrogens is 421 g/mol. The number of morpholine rings is 1. The molecule has 0 N–H and O–H groups in total. The van der Waals surface area contributed by atoms with Gasteiger partial charge in [-0.15, -0.1) is 11.3 Å². The molecule has 2 aliphatic heterocycles. The molecular formula is C18H21Cl2N5O2S. The van der Waals surface area contributed by atoms with Gasteiger partial charge in [0, 0.05) is 51.0 Å². The summed E-state index contributed by atoms with van der Waals surface area (Å²) in [4.78, 5) is 28.3. The number of piperazine rings is 1. The number of aromatic nitrogens is 2. The monoisotopic (exact) mass is 441 g/mol. The Hall–Kier alpha value is -1.61. The predicted molar refractivity (Wildman–Crippen MR) is 112 cm³/mol. The number of thiophene rings is 1. The van der Waals surface area contributed by atoms with Crippen LogP contribution in [-0.4, -0.2) is 73.3 Å². The van der Waals surface area contributed by atoms with Crippen LogP contribution in [0.4, 0.5) is 11.8 Å². The summed E-state index contributed by atoms with van der Waals surface area (Å²) in [7, 11) is 0. The first-order chi connectivity index (χ1) is 13.5. The van der Waals surface area contributed by atoms with E-state index in [1.54, 1.807) is 6.07 Å². The number of aryl methyl sites for hydroxylation is 1. The van der Waals surface area contributed by atoms with Crippen molar-refractivity contribution in [3.8, 4) is 0 Å². The van der Waals surface area contributed by atoms with Crippen LogP contribution < -0.4 is 9.80 Å². The fourth-order valence-electron chi connectivity index (χ4n) is 3.40. The summed E-state index contributed by atoms with van der Waals surface area (Å²) < 4.78 is 6.39. The molecule has 4 heterocycles. The van der Waals surface area contributed by atoms with Gasteiger partial charge in [0.25, 0.3) is 5.91 Å². The van der Waals surface area contributed by atoms with Gasteiger partial charge >= 0.3 is 0 Å². The van der Waals surface area contributed by atoms with E-state index in [2.05, 4.69) is 14.8 Å².